The highest BCUT2D eigenvalue weighted by atomic mass is 35.5. The maximum Gasteiger partial charge on any atom is 0.0416 e. The van der Waals surface area contributed by atoms with E-state index in [1.807, 2.05) is 0 Å². The zero-order valence-electron chi connectivity index (χ0n) is 11.4. The Morgan fingerprint density at radius 1 is 1.38 bits per heavy atom. The van der Waals surface area contributed by atoms with Gasteiger partial charge in [0.15, 0.2) is 0 Å². The topological polar surface area (TPSA) is 12.0 Å². The molecule has 3 atom stereocenters. The van der Waals surface area contributed by atoms with E-state index in [-0.39, 0.29) is 5.41 Å². The summed E-state index contributed by atoms with van der Waals surface area (Å²) in [7, 11) is 0. The Morgan fingerprint density at radius 2 is 2.06 bits per heavy atom. The molecule has 0 bridgehead atoms. The van der Waals surface area contributed by atoms with Crippen LogP contribution in [0.25, 0.3) is 0 Å². The van der Waals surface area contributed by atoms with Crippen molar-refractivity contribution in [2.45, 2.75) is 71.2 Å². The van der Waals surface area contributed by atoms with Crippen LogP contribution >= 0.6 is 11.6 Å². The molecular formula is C14H28ClN. The summed E-state index contributed by atoms with van der Waals surface area (Å²) in [4.78, 5) is 0. The van der Waals surface area contributed by atoms with E-state index < -0.39 is 0 Å². The first-order valence-electron chi connectivity index (χ1n) is 6.89. The van der Waals surface area contributed by atoms with Crippen molar-refractivity contribution in [2.75, 3.05) is 6.54 Å². The second kappa shape index (κ2) is 6.26. The molecule has 0 saturated heterocycles. The van der Waals surface area contributed by atoms with E-state index in [1.165, 1.54) is 32.2 Å². The van der Waals surface area contributed by atoms with Crippen LogP contribution < -0.4 is 5.32 Å². The molecule has 0 amide bonds. The van der Waals surface area contributed by atoms with Gasteiger partial charge in [-0.3, -0.25) is 0 Å². The lowest BCUT2D eigenvalue weighted by Gasteiger charge is -2.50. The number of nitrogens with one attached hydrogen (secondary N) is 1. The van der Waals surface area contributed by atoms with E-state index in [4.69, 9.17) is 11.6 Å². The molecule has 0 spiro atoms. The van der Waals surface area contributed by atoms with Crippen LogP contribution in [0.2, 0.25) is 0 Å². The first-order chi connectivity index (χ1) is 7.52. The standard InChI is InChI=1S/C14H28ClN/c1-5-7-8-11(6-2)10-16-13-9-12(15)14(13,3)4/h11-13,16H,5-10H2,1-4H3. The van der Waals surface area contributed by atoms with Crippen molar-refractivity contribution in [2.24, 2.45) is 11.3 Å². The van der Waals surface area contributed by atoms with Crippen molar-refractivity contribution in [3.05, 3.63) is 0 Å². The normalized spacial score (nSPS) is 29.8. The Kier molecular flexibility index (Phi) is 5.60. The van der Waals surface area contributed by atoms with E-state index in [9.17, 15) is 0 Å². The van der Waals surface area contributed by atoms with Crippen LogP contribution in [-0.2, 0) is 0 Å². The van der Waals surface area contributed by atoms with Gasteiger partial charge in [-0.1, -0.05) is 47.0 Å². The Morgan fingerprint density at radius 3 is 2.50 bits per heavy atom. The average molecular weight is 246 g/mol. The SMILES string of the molecule is CCCCC(CC)CNC1CC(Cl)C1(C)C. The minimum atomic E-state index is 0.282. The minimum absolute atomic E-state index is 0.282. The van der Waals surface area contributed by atoms with E-state index >= 15 is 0 Å². The number of hydrogen-bond donors (Lipinski definition) is 1. The fourth-order valence-corrected chi connectivity index (χ4v) is 2.80. The van der Waals surface area contributed by atoms with Crippen LogP contribution in [0.1, 0.15) is 59.8 Å². The third-order valence-electron chi connectivity index (χ3n) is 4.34. The maximum atomic E-state index is 6.23. The Labute approximate surface area is 106 Å². The summed E-state index contributed by atoms with van der Waals surface area (Å²) in [5.41, 5.74) is 0.282. The summed E-state index contributed by atoms with van der Waals surface area (Å²) in [6.07, 6.45) is 6.49. The van der Waals surface area contributed by atoms with E-state index in [0.717, 1.165) is 12.3 Å². The molecule has 0 aromatic rings. The maximum absolute atomic E-state index is 6.23. The zero-order chi connectivity index (χ0) is 12.2. The Hall–Kier alpha value is 0.250. The van der Waals surface area contributed by atoms with Gasteiger partial charge in [-0.15, -0.1) is 11.6 Å². The Balaban J connectivity index is 2.23. The fraction of sp³-hybridized carbons (Fsp3) is 1.00. The van der Waals surface area contributed by atoms with E-state index in [1.54, 1.807) is 0 Å². The van der Waals surface area contributed by atoms with Gasteiger partial charge in [0.05, 0.1) is 0 Å². The van der Waals surface area contributed by atoms with Crippen molar-refractivity contribution >= 4 is 11.6 Å². The fourth-order valence-electron chi connectivity index (χ4n) is 2.47. The molecule has 1 rings (SSSR count). The summed E-state index contributed by atoms with van der Waals surface area (Å²) in [5.74, 6) is 0.852. The predicted octanol–water partition coefficient (Wildman–Crippen LogP) is 4.20. The zero-order valence-corrected chi connectivity index (χ0v) is 12.1. The molecule has 0 radical (unpaired) electrons. The minimum Gasteiger partial charge on any atom is -0.313 e. The Bertz CT molecular complexity index is 203. The van der Waals surface area contributed by atoms with Crippen LogP contribution in [-0.4, -0.2) is 18.0 Å². The number of halogens is 1. The van der Waals surface area contributed by atoms with Crippen LogP contribution in [0.5, 0.6) is 0 Å². The van der Waals surface area contributed by atoms with Gasteiger partial charge < -0.3 is 5.32 Å². The monoisotopic (exact) mass is 245 g/mol. The van der Waals surface area contributed by atoms with Crippen molar-refractivity contribution in [3.63, 3.8) is 0 Å². The van der Waals surface area contributed by atoms with Gasteiger partial charge in [-0.25, -0.2) is 0 Å². The lowest BCUT2D eigenvalue weighted by molar-refractivity contribution is 0.111. The summed E-state index contributed by atoms with van der Waals surface area (Å²) >= 11 is 6.23. The van der Waals surface area contributed by atoms with Gasteiger partial charge in [-0.05, 0) is 30.7 Å². The largest absolute Gasteiger partial charge is 0.313 e. The second-order valence-corrected chi connectivity index (χ2v) is 6.43. The van der Waals surface area contributed by atoms with Crippen LogP contribution in [0, 0.1) is 11.3 Å². The molecule has 0 heterocycles. The summed E-state index contributed by atoms with van der Waals surface area (Å²) in [6, 6.07) is 0.630. The molecule has 0 aliphatic heterocycles. The molecule has 1 aliphatic carbocycles. The second-order valence-electron chi connectivity index (χ2n) is 5.90. The lowest BCUT2D eigenvalue weighted by atomic mass is 9.66. The van der Waals surface area contributed by atoms with Gasteiger partial charge in [0.1, 0.15) is 0 Å². The van der Waals surface area contributed by atoms with E-state index in [2.05, 4.69) is 33.0 Å². The highest BCUT2D eigenvalue weighted by molar-refractivity contribution is 6.21. The highest BCUT2D eigenvalue weighted by Crippen LogP contribution is 2.44. The average Bonchev–Trinajstić information content (AvgIpc) is 2.27. The molecule has 2 heteroatoms. The van der Waals surface area contributed by atoms with Gasteiger partial charge in [0, 0.05) is 11.4 Å². The first kappa shape index (κ1) is 14.3. The van der Waals surface area contributed by atoms with Crippen LogP contribution in [0.4, 0.5) is 0 Å². The van der Waals surface area contributed by atoms with Crippen molar-refractivity contribution in [1.29, 1.82) is 0 Å². The summed E-state index contributed by atoms with van der Waals surface area (Å²) in [6.45, 7) is 10.3. The van der Waals surface area contributed by atoms with Gasteiger partial charge in [-0.2, -0.15) is 0 Å². The number of unbranched alkanes of at least 4 members (excludes halogenated alkanes) is 1. The molecule has 1 saturated carbocycles. The van der Waals surface area contributed by atoms with Crippen LogP contribution in [0.15, 0.2) is 0 Å². The third-order valence-corrected chi connectivity index (χ3v) is 5.08. The summed E-state index contributed by atoms with van der Waals surface area (Å²) in [5, 5.41) is 4.08. The quantitative estimate of drug-likeness (QED) is 0.663. The van der Waals surface area contributed by atoms with E-state index in [0.29, 0.717) is 11.4 Å². The molecule has 16 heavy (non-hydrogen) atoms. The third kappa shape index (κ3) is 3.37. The smallest absolute Gasteiger partial charge is 0.0416 e. The number of hydrogen-bond acceptors (Lipinski definition) is 1. The molecule has 3 unspecified atom stereocenters. The molecule has 1 nitrogen and oxygen atoms in total. The molecule has 96 valence electrons. The van der Waals surface area contributed by atoms with Gasteiger partial charge >= 0.3 is 0 Å². The molecule has 1 aliphatic rings. The number of alkyl halides is 1. The number of rotatable bonds is 7. The molecule has 1 N–H and O–H groups in total. The molecular weight excluding hydrogens is 218 g/mol. The molecule has 1 fully saturated rings. The van der Waals surface area contributed by atoms with Gasteiger partial charge in [0.25, 0.3) is 0 Å². The van der Waals surface area contributed by atoms with Crippen molar-refractivity contribution < 1.29 is 0 Å². The molecule has 0 aromatic carbocycles. The van der Waals surface area contributed by atoms with Crippen LogP contribution in [0.3, 0.4) is 0 Å². The highest BCUT2D eigenvalue weighted by Gasteiger charge is 2.46. The molecule has 0 aromatic heterocycles. The summed E-state index contributed by atoms with van der Waals surface area (Å²) < 4.78 is 0. The van der Waals surface area contributed by atoms with Crippen molar-refractivity contribution in [3.8, 4) is 0 Å². The first-order valence-corrected chi connectivity index (χ1v) is 7.33. The van der Waals surface area contributed by atoms with Crippen molar-refractivity contribution in [1.82, 2.24) is 5.32 Å². The predicted molar refractivity (Wildman–Crippen MR) is 73.1 cm³/mol. The van der Waals surface area contributed by atoms with Gasteiger partial charge in [0.2, 0.25) is 0 Å². The lowest BCUT2D eigenvalue weighted by Crippen LogP contribution is -2.58.